The Labute approximate surface area is 229 Å². The van der Waals surface area contributed by atoms with Gasteiger partial charge in [-0.25, -0.2) is 9.97 Å². The minimum atomic E-state index is -5.01. The molecule has 0 radical (unpaired) electrons. The Hall–Kier alpha value is -2.71. The van der Waals surface area contributed by atoms with E-state index in [2.05, 4.69) is 9.97 Å². The van der Waals surface area contributed by atoms with E-state index in [4.69, 9.17) is 0 Å². The molecule has 39 heavy (non-hydrogen) atoms. The average Bonchev–Trinajstić information content (AvgIpc) is 3.48. The van der Waals surface area contributed by atoms with Gasteiger partial charge in [-0.1, -0.05) is 41.7 Å². The number of nitrogens with zero attached hydrogens (tertiary/aromatic N) is 5. The second-order valence-electron chi connectivity index (χ2n) is 9.20. The molecule has 0 unspecified atom stereocenters. The largest absolute Gasteiger partial charge is 0.449 e. The van der Waals surface area contributed by atoms with Gasteiger partial charge in [0.05, 0.1) is 12.6 Å². The molecule has 1 aliphatic heterocycles. The summed E-state index contributed by atoms with van der Waals surface area (Å²) >= 11 is 0.795. The molecular formula is C24H26ClF6N5O2S. The zero-order valence-electron chi connectivity index (χ0n) is 20.8. The molecule has 3 heterocycles. The number of aryl methyl sites for hydroxylation is 1. The lowest BCUT2D eigenvalue weighted by Gasteiger charge is -2.22. The van der Waals surface area contributed by atoms with Gasteiger partial charge in [0.2, 0.25) is 5.82 Å². The van der Waals surface area contributed by atoms with Crippen molar-refractivity contribution in [1.29, 1.82) is 0 Å². The molecule has 0 spiro atoms. The number of halogens is 7. The fourth-order valence-corrected chi connectivity index (χ4v) is 5.52. The summed E-state index contributed by atoms with van der Waals surface area (Å²) in [4.78, 5) is 36.2. The first kappa shape index (κ1) is 30.8. The maximum absolute atomic E-state index is 13.8. The highest BCUT2D eigenvalue weighted by Crippen LogP contribution is 2.34. The third-order valence-corrected chi connectivity index (χ3v) is 7.28. The number of hydrogen-bond donors (Lipinski definition) is 0. The van der Waals surface area contributed by atoms with Crippen molar-refractivity contribution in [3.8, 4) is 0 Å². The minimum absolute atomic E-state index is 0. The predicted octanol–water partition coefficient (Wildman–Crippen LogP) is 4.96. The van der Waals surface area contributed by atoms with Gasteiger partial charge in [0.25, 0.3) is 5.56 Å². The standard InChI is InChI=1S/C24H25F6N5O2S.ClH/c1-33(14-23(25,26)27)12-13-35-20(37)18-19(32-21(35)24(28,29)30)38-22(31-18)34-11-5-8-16(34)17(36)10-9-15-6-3-2-4-7-15;/h2-4,6-7,16H,5,8-14H2,1H3;1H/t16-;/m1./s1. The van der Waals surface area contributed by atoms with E-state index in [1.807, 2.05) is 30.3 Å². The topological polar surface area (TPSA) is 71.3 Å². The fraction of sp³-hybridized carbons (Fsp3) is 0.500. The number of alkyl halides is 6. The Morgan fingerprint density at radius 1 is 1.13 bits per heavy atom. The number of rotatable bonds is 9. The molecule has 15 heteroatoms. The Bertz CT molecular complexity index is 1350. The quantitative estimate of drug-likeness (QED) is 0.325. The molecule has 0 aliphatic carbocycles. The van der Waals surface area contributed by atoms with Crippen molar-refractivity contribution in [1.82, 2.24) is 19.4 Å². The van der Waals surface area contributed by atoms with E-state index in [9.17, 15) is 35.9 Å². The van der Waals surface area contributed by atoms with E-state index in [0.29, 0.717) is 30.4 Å². The summed E-state index contributed by atoms with van der Waals surface area (Å²) in [5.41, 5.74) is -0.383. The van der Waals surface area contributed by atoms with Crippen LogP contribution in [0.5, 0.6) is 0 Å². The molecule has 0 amide bonds. The maximum atomic E-state index is 13.8. The van der Waals surface area contributed by atoms with Gasteiger partial charge < -0.3 is 4.90 Å². The number of Topliss-reactive ketones (excluding diaryl/α,β-unsaturated/α-hetero) is 1. The number of aromatic nitrogens is 3. The molecule has 214 valence electrons. The van der Waals surface area contributed by atoms with E-state index >= 15 is 0 Å². The molecule has 7 nitrogen and oxygen atoms in total. The Kier molecular flexibility index (Phi) is 9.65. The van der Waals surface area contributed by atoms with E-state index < -0.39 is 49.4 Å². The lowest BCUT2D eigenvalue weighted by molar-refractivity contribution is -0.150. The highest BCUT2D eigenvalue weighted by molar-refractivity contribution is 7.21. The second-order valence-corrected chi connectivity index (χ2v) is 10.2. The van der Waals surface area contributed by atoms with Crippen molar-refractivity contribution >= 4 is 45.0 Å². The van der Waals surface area contributed by atoms with E-state index in [0.717, 1.165) is 28.8 Å². The van der Waals surface area contributed by atoms with Crippen LogP contribution in [0.2, 0.25) is 0 Å². The molecule has 0 N–H and O–H groups in total. The first-order chi connectivity index (χ1) is 17.8. The molecule has 4 rings (SSSR count). The van der Waals surface area contributed by atoms with Crippen LogP contribution in [-0.4, -0.2) is 64.1 Å². The summed E-state index contributed by atoms with van der Waals surface area (Å²) < 4.78 is 79.5. The summed E-state index contributed by atoms with van der Waals surface area (Å²) in [6.07, 6.45) is -7.49. The summed E-state index contributed by atoms with van der Waals surface area (Å²) in [7, 11) is 1.10. The lowest BCUT2D eigenvalue weighted by atomic mass is 10.0. The second kappa shape index (κ2) is 12.2. The van der Waals surface area contributed by atoms with Gasteiger partial charge in [-0.2, -0.15) is 26.3 Å². The molecule has 2 aromatic heterocycles. The number of thiazole rings is 1. The van der Waals surface area contributed by atoms with Crippen LogP contribution in [0.4, 0.5) is 31.5 Å². The van der Waals surface area contributed by atoms with Crippen LogP contribution < -0.4 is 10.5 Å². The maximum Gasteiger partial charge on any atom is 0.449 e. The van der Waals surface area contributed by atoms with Crippen molar-refractivity contribution in [3.05, 3.63) is 52.1 Å². The highest BCUT2D eigenvalue weighted by atomic mass is 35.5. The number of likely N-dealkylation sites (N-methyl/N-ethyl adjacent to an activating group) is 1. The Balaban J connectivity index is 0.00000420. The minimum Gasteiger partial charge on any atom is -0.338 e. The van der Waals surface area contributed by atoms with Crippen molar-refractivity contribution in [3.63, 3.8) is 0 Å². The zero-order valence-corrected chi connectivity index (χ0v) is 22.4. The molecule has 1 saturated heterocycles. The molecule has 0 saturated carbocycles. The Morgan fingerprint density at radius 3 is 2.46 bits per heavy atom. The van der Waals surface area contributed by atoms with E-state index in [1.165, 1.54) is 0 Å². The van der Waals surface area contributed by atoms with Crippen LogP contribution in [-0.2, 0) is 23.9 Å². The molecule has 1 fully saturated rings. The summed E-state index contributed by atoms with van der Waals surface area (Å²) in [6, 6.07) is 8.97. The molecule has 1 aromatic carbocycles. The lowest BCUT2D eigenvalue weighted by Crippen LogP contribution is -2.37. The van der Waals surface area contributed by atoms with Gasteiger partial charge in [0.1, 0.15) is 0 Å². The van der Waals surface area contributed by atoms with Crippen LogP contribution in [0.25, 0.3) is 10.3 Å². The van der Waals surface area contributed by atoms with Crippen molar-refractivity contribution in [2.75, 3.05) is 31.6 Å². The molecular weight excluding hydrogens is 572 g/mol. The normalized spacial score (nSPS) is 16.2. The number of ketones is 1. The van der Waals surface area contributed by atoms with Crippen molar-refractivity contribution in [2.24, 2.45) is 0 Å². The van der Waals surface area contributed by atoms with E-state index in [-0.39, 0.29) is 40.1 Å². The monoisotopic (exact) mass is 597 g/mol. The molecule has 1 atom stereocenters. The number of fused-ring (bicyclic) bond motifs is 1. The first-order valence-electron chi connectivity index (χ1n) is 11.9. The van der Waals surface area contributed by atoms with Crippen molar-refractivity contribution in [2.45, 2.75) is 50.6 Å². The zero-order chi connectivity index (χ0) is 27.7. The number of anilines is 1. The third-order valence-electron chi connectivity index (χ3n) is 6.29. The van der Waals surface area contributed by atoms with Crippen LogP contribution in [0, 0.1) is 0 Å². The number of benzene rings is 1. The predicted molar refractivity (Wildman–Crippen MR) is 138 cm³/mol. The highest BCUT2D eigenvalue weighted by Gasteiger charge is 2.39. The van der Waals surface area contributed by atoms with Gasteiger partial charge in [0, 0.05) is 26.1 Å². The fourth-order valence-electron chi connectivity index (χ4n) is 4.51. The first-order valence-corrected chi connectivity index (χ1v) is 12.7. The van der Waals surface area contributed by atoms with Gasteiger partial charge in [0.15, 0.2) is 21.3 Å². The Morgan fingerprint density at radius 2 is 1.82 bits per heavy atom. The van der Waals surface area contributed by atoms with Crippen LogP contribution in [0.15, 0.2) is 35.1 Å². The third kappa shape index (κ3) is 7.48. The summed E-state index contributed by atoms with van der Waals surface area (Å²) in [6.45, 7) is -2.00. The molecule has 1 aliphatic rings. The number of carbonyl (C=O) groups is 1. The number of carbonyl (C=O) groups excluding carboxylic acids is 1. The van der Waals surface area contributed by atoms with Crippen LogP contribution in [0.1, 0.15) is 30.7 Å². The molecule has 0 bridgehead atoms. The smallest absolute Gasteiger partial charge is 0.338 e. The van der Waals surface area contributed by atoms with Crippen LogP contribution >= 0.6 is 23.7 Å². The SMILES string of the molecule is CN(CCn1c(C(F)(F)F)nc2sc(N3CCC[C@@H]3C(=O)CCc3ccccc3)nc2c1=O)CC(F)(F)F.Cl. The molecule has 3 aromatic rings. The van der Waals surface area contributed by atoms with Gasteiger partial charge in [-0.3, -0.25) is 19.1 Å². The van der Waals surface area contributed by atoms with Crippen LogP contribution in [0.3, 0.4) is 0 Å². The van der Waals surface area contributed by atoms with Crippen molar-refractivity contribution < 1.29 is 31.1 Å². The van der Waals surface area contributed by atoms with Gasteiger partial charge in [-0.15, -0.1) is 12.4 Å². The summed E-state index contributed by atoms with van der Waals surface area (Å²) in [5.74, 6) is -1.53. The van der Waals surface area contributed by atoms with E-state index in [1.54, 1.807) is 4.90 Å². The van der Waals surface area contributed by atoms with Gasteiger partial charge >= 0.3 is 12.4 Å². The average molecular weight is 598 g/mol. The summed E-state index contributed by atoms with van der Waals surface area (Å²) in [5, 5.41) is 0.222. The number of hydrogen-bond acceptors (Lipinski definition) is 7. The van der Waals surface area contributed by atoms with Gasteiger partial charge in [-0.05, 0) is 31.9 Å².